The lowest BCUT2D eigenvalue weighted by molar-refractivity contribution is -0.116. The Labute approximate surface area is 136 Å². The molecule has 0 bridgehead atoms. The van der Waals surface area contributed by atoms with E-state index in [-0.39, 0.29) is 11.7 Å². The van der Waals surface area contributed by atoms with E-state index in [4.69, 9.17) is 10.5 Å². The summed E-state index contributed by atoms with van der Waals surface area (Å²) in [5.74, 6) is 0.441. The van der Waals surface area contributed by atoms with Crippen molar-refractivity contribution in [1.82, 2.24) is 0 Å². The third kappa shape index (κ3) is 4.35. The molecule has 23 heavy (non-hydrogen) atoms. The van der Waals surface area contributed by atoms with Gasteiger partial charge in [0.15, 0.2) is 0 Å². The van der Waals surface area contributed by atoms with Gasteiger partial charge in [0.2, 0.25) is 15.9 Å². The third-order valence-corrected chi connectivity index (χ3v) is 5.54. The number of sulfonamides is 1. The molecule has 1 saturated heterocycles. The second kappa shape index (κ2) is 7.65. The number of nitrogens with one attached hydrogen (secondary N) is 1. The Morgan fingerprint density at radius 3 is 2.83 bits per heavy atom. The molecule has 1 aliphatic rings. The number of ether oxygens (including phenoxy) is 1. The molecule has 3 N–H and O–H groups in total. The first kappa shape index (κ1) is 17.6. The van der Waals surface area contributed by atoms with Gasteiger partial charge in [-0.1, -0.05) is 0 Å². The fourth-order valence-corrected chi connectivity index (χ4v) is 4.15. The Hall–Kier alpha value is -1.80. The molecule has 1 heterocycles. The Morgan fingerprint density at radius 1 is 1.39 bits per heavy atom. The predicted molar refractivity (Wildman–Crippen MR) is 90.3 cm³/mol. The van der Waals surface area contributed by atoms with Crippen molar-refractivity contribution >= 4 is 27.3 Å². The maximum Gasteiger partial charge on any atom is 0.235 e. The van der Waals surface area contributed by atoms with Crippen LogP contribution in [0.1, 0.15) is 25.7 Å². The summed E-state index contributed by atoms with van der Waals surface area (Å²) in [5.41, 5.74) is 6.46. The Morgan fingerprint density at radius 2 is 2.17 bits per heavy atom. The van der Waals surface area contributed by atoms with Crippen LogP contribution in [0.3, 0.4) is 0 Å². The average Bonchev–Trinajstić information content (AvgIpc) is 2.53. The number of hydrogen-bond acceptors (Lipinski definition) is 5. The SMILES string of the molecule is COc1cc(NC(=O)CCCN)ccc1N1CCCCS1(=O)=O. The number of benzene rings is 1. The fourth-order valence-electron chi connectivity index (χ4n) is 2.51. The van der Waals surface area contributed by atoms with Crippen LogP contribution in [0.2, 0.25) is 0 Å². The van der Waals surface area contributed by atoms with Gasteiger partial charge < -0.3 is 15.8 Å². The number of anilines is 2. The Balaban J connectivity index is 2.21. The van der Waals surface area contributed by atoms with Crippen molar-refractivity contribution in [2.45, 2.75) is 25.7 Å². The minimum Gasteiger partial charge on any atom is -0.494 e. The first-order valence-corrected chi connectivity index (χ1v) is 9.27. The van der Waals surface area contributed by atoms with Crippen LogP contribution in [-0.2, 0) is 14.8 Å². The second-order valence-corrected chi connectivity index (χ2v) is 7.44. The zero-order valence-electron chi connectivity index (χ0n) is 13.2. The first-order chi connectivity index (χ1) is 11.0. The molecule has 1 aromatic carbocycles. The molecule has 7 nitrogen and oxygen atoms in total. The molecular formula is C15H23N3O4S. The molecule has 1 fully saturated rings. The zero-order valence-corrected chi connectivity index (χ0v) is 14.1. The largest absolute Gasteiger partial charge is 0.494 e. The Bertz CT molecular complexity index is 661. The van der Waals surface area contributed by atoms with E-state index >= 15 is 0 Å². The van der Waals surface area contributed by atoms with Crippen LogP contribution in [0.15, 0.2) is 18.2 Å². The van der Waals surface area contributed by atoms with Crippen molar-refractivity contribution in [2.24, 2.45) is 5.73 Å². The van der Waals surface area contributed by atoms with E-state index in [1.807, 2.05) is 0 Å². The molecule has 0 saturated carbocycles. The molecule has 0 aromatic heterocycles. The maximum atomic E-state index is 12.2. The van der Waals surface area contributed by atoms with Gasteiger partial charge in [0.25, 0.3) is 0 Å². The molecule has 0 atom stereocenters. The van der Waals surface area contributed by atoms with Gasteiger partial charge in [-0.2, -0.15) is 0 Å². The zero-order chi connectivity index (χ0) is 16.9. The number of nitrogens with zero attached hydrogens (tertiary/aromatic N) is 1. The van der Waals surface area contributed by atoms with E-state index in [9.17, 15) is 13.2 Å². The topological polar surface area (TPSA) is 102 Å². The van der Waals surface area contributed by atoms with E-state index < -0.39 is 10.0 Å². The van der Waals surface area contributed by atoms with E-state index in [1.54, 1.807) is 18.2 Å². The molecule has 0 radical (unpaired) electrons. The number of carbonyl (C=O) groups excluding carboxylic acids is 1. The van der Waals surface area contributed by atoms with Crippen LogP contribution < -0.4 is 20.1 Å². The van der Waals surface area contributed by atoms with Gasteiger partial charge in [0, 0.05) is 24.7 Å². The number of methoxy groups -OCH3 is 1. The number of amides is 1. The lowest BCUT2D eigenvalue weighted by Crippen LogP contribution is -2.38. The molecular weight excluding hydrogens is 318 g/mol. The molecule has 1 aromatic rings. The van der Waals surface area contributed by atoms with Gasteiger partial charge in [-0.05, 0) is 37.9 Å². The predicted octanol–water partition coefficient (Wildman–Crippen LogP) is 1.30. The third-order valence-electron chi connectivity index (χ3n) is 3.69. The van der Waals surface area contributed by atoms with Crippen molar-refractivity contribution in [3.05, 3.63) is 18.2 Å². The van der Waals surface area contributed by atoms with Crippen molar-refractivity contribution in [1.29, 1.82) is 0 Å². The van der Waals surface area contributed by atoms with E-state index in [2.05, 4.69) is 5.32 Å². The quantitative estimate of drug-likeness (QED) is 0.812. The van der Waals surface area contributed by atoms with Crippen LogP contribution in [0.25, 0.3) is 0 Å². The molecule has 2 rings (SSSR count). The lowest BCUT2D eigenvalue weighted by Gasteiger charge is -2.29. The fraction of sp³-hybridized carbons (Fsp3) is 0.533. The average molecular weight is 341 g/mol. The molecule has 1 amide bonds. The van der Waals surface area contributed by atoms with Crippen LogP contribution in [0.5, 0.6) is 5.75 Å². The first-order valence-electron chi connectivity index (χ1n) is 7.66. The van der Waals surface area contributed by atoms with Crippen molar-refractivity contribution in [2.75, 3.05) is 35.6 Å². The monoisotopic (exact) mass is 341 g/mol. The molecule has 0 aliphatic carbocycles. The number of nitrogens with two attached hydrogens (primary N) is 1. The summed E-state index contributed by atoms with van der Waals surface area (Å²) in [6.07, 6.45) is 2.46. The van der Waals surface area contributed by atoms with Crippen molar-refractivity contribution in [3.8, 4) is 5.75 Å². The van der Waals surface area contributed by atoms with Crippen LogP contribution in [-0.4, -0.2) is 40.3 Å². The second-order valence-electron chi connectivity index (χ2n) is 5.42. The van der Waals surface area contributed by atoms with Gasteiger partial charge >= 0.3 is 0 Å². The lowest BCUT2D eigenvalue weighted by atomic mass is 10.2. The molecule has 8 heteroatoms. The number of rotatable bonds is 6. The molecule has 0 spiro atoms. The van der Waals surface area contributed by atoms with Gasteiger partial charge in [0.05, 0.1) is 18.6 Å². The Kier molecular flexibility index (Phi) is 5.84. The minimum absolute atomic E-state index is 0.129. The van der Waals surface area contributed by atoms with Gasteiger partial charge in [-0.15, -0.1) is 0 Å². The highest BCUT2D eigenvalue weighted by atomic mass is 32.2. The van der Waals surface area contributed by atoms with Crippen molar-refractivity contribution in [3.63, 3.8) is 0 Å². The summed E-state index contributed by atoms with van der Waals surface area (Å²) in [7, 11) is -1.82. The summed E-state index contributed by atoms with van der Waals surface area (Å²) in [4.78, 5) is 11.7. The summed E-state index contributed by atoms with van der Waals surface area (Å²) < 4.78 is 31.1. The number of carbonyl (C=O) groups is 1. The van der Waals surface area contributed by atoms with Gasteiger partial charge in [-0.3, -0.25) is 9.10 Å². The highest BCUT2D eigenvalue weighted by molar-refractivity contribution is 7.92. The normalized spacial score (nSPS) is 16.9. The standard InChI is InChI=1S/C15H23N3O4S/c1-22-14-11-12(17-15(19)5-4-8-16)6-7-13(14)18-9-2-3-10-23(18,20)21/h6-7,11H,2-5,8-10,16H2,1H3,(H,17,19). The van der Waals surface area contributed by atoms with Crippen LogP contribution in [0, 0.1) is 0 Å². The van der Waals surface area contributed by atoms with E-state index in [1.165, 1.54) is 11.4 Å². The molecule has 0 unspecified atom stereocenters. The summed E-state index contributed by atoms with van der Waals surface area (Å²) in [6.45, 7) is 0.906. The van der Waals surface area contributed by atoms with Crippen molar-refractivity contribution < 1.29 is 17.9 Å². The highest BCUT2D eigenvalue weighted by Crippen LogP contribution is 2.34. The van der Waals surface area contributed by atoms with Gasteiger partial charge in [-0.25, -0.2) is 8.42 Å². The van der Waals surface area contributed by atoms with Gasteiger partial charge in [0.1, 0.15) is 5.75 Å². The highest BCUT2D eigenvalue weighted by Gasteiger charge is 2.28. The molecule has 1 aliphatic heterocycles. The molecule has 128 valence electrons. The smallest absolute Gasteiger partial charge is 0.235 e. The minimum atomic E-state index is -3.30. The number of hydrogen-bond donors (Lipinski definition) is 2. The van der Waals surface area contributed by atoms with E-state index in [0.717, 1.165) is 6.42 Å². The van der Waals surface area contributed by atoms with Crippen LogP contribution in [0.4, 0.5) is 11.4 Å². The summed E-state index contributed by atoms with van der Waals surface area (Å²) in [6, 6.07) is 4.99. The van der Waals surface area contributed by atoms with Crippen LogP contribution >= 0.6 is 0 Å². The maximum absolute atomic E-state index is 12.2. The summed E-state index contributed by atoms with van der Waals surface area (Å²) in [5, 5.41) is 2.76. The van der Waals surface area contributed by atoms with E-state index in [0.29, 0.717) is 49.5 Å². The summed E-state index contributed by atoms with van der Waals surface area (Å²) >= 11 is 0.